The van der Waals surface area contributed by atoms with Gasteiger partial charge in [0.1, 0.15) is 0 Å². The van der Waals surface area contributed by atoms with Gasteiger partial charge in [0.15, 0.2) is 0 Å². The Morgan fingerprint density at radius 3 is 2.57 bits per heavy atom. The molecule has 0 unspecified atom stereocenters. The maximum Gasteiger partial charge on any atom is 0.222 e. The van der Waals surface area contributed by atoms with Crippen molar-refractivity contribution >= 4 is 5.95 Å². The second-order valence-electron chi connectivity index (χ2n) is 3.62. The van der Waals surface area contributed by atoms with Crippen LogP contribution in [0.4, 0.5) is 5.95 Å². The molecule has 0 aromatic carbocycles. The molecule has 0 saturated heterocycles. The van der Waals surface area contributed by atoms with Crippen molar-refractivity contribution < 1.29 is 5.11 Å². The standard InChI is InChI=1S/C10H15N3O/c14-5-4-11-10-12-6-9(7-13-10)8-2-1-3-8/h6-8,14H,1-5H2,(H,11,12,13). The van der Waals surface area contributed by atoms with Crippen LogP contribution in [0, 0.1) is 0 Å². The molecule has 76 valence electrons. The molecular formula is C10H15N3O. The summed E-state index contributed by atoms with van der Waals surface area (Å²) in [5, 5.41) is 11.5. The van der Waals surface area contributed by atoms with Gasteiger partial charge in [0.25, 0.3) is 0 Å². The van der Waals surface area contributed by atoms with Crippen LogP contribution >= 0.6 is 0 Å². The van der Waals surface area contributed by atoms with Crippen molar-refractivity contribution in [3.05, 3.63) is 18.0 Å². The Labute approximate surface area is 83.4 Å². The van der Waals surface area contributed by atoms with Crippen molar-refractivity contribution in [3.8, 4) is 0 Å². The molecule has 2 N–H and O–H groups in total. The number of rotatable bonds is 4. The average Bonchev–Trinajstić information content (AvgIpc) is 2.14. The van der Waals surface area contributed by atoms with Crippen LogP contribution in [0.5, 0.6) is 0 Å². The smallest absolute Gasteiger partial charge is 0.222 e. The van der Waals surface area contributed by atoms with Gasteiger partial charge in [0.2, 0.25) is 5.95 Å². The first-order chi connectivity index (χ1) is 6.90. The quantitative estimate of drug-likeness (QED) is 0.753. The maximum absolute atomic E-state index is 8.60. The minimum Gasteiger partial charge on any atom is -0.395 e. The Balaban J connectivity index is 1.95. The Morgan fingerprint density at radius 1 is 1.36 bits per heavy atom. The Kier molecular flexibility index (Phi) is 2.93. The average molecular weight is 193 g/mol. The first kappa shape index (κ1) is 9.40. The summed E-state index contributed by atoms with van der Waals surface area (Å²) in [6.07, 6.45) is 7.64. The molecule has 0 radical (unpaired) electrons. The number of aromatic nitrogens is 2. The third-order valence-corrected chi connectivity index (χ3v) is 2.64. The number of anilines is 1. The molecule has 1 heterocycles. The molecular weight excluding hydrogens is 178 g/mol. The van der Waals surface area contributed by atoms with Crippen LogP contribution in [0.25, 0.3) is 0 Å². The fourth-order valence-electron chi connectivity index (χ4n) is 1.55. The number of hydrogen-bond donors (Lipinski definition) is 2. The zero-order chi connectivity index (χ0) is 9.80. The van der Waals surface area contributed by atoms with Crippen LogP contribution in [-0.4, -0.2) is 28.2 Å². The minimum absolute atomic E-state index is 0.105. The molecule has 14 heavy (non-hydrogen) atoms. The number of aliphatic hydroxyl groups is 1. The van der Waals surface area contributed by atoms with E-state index in [1.165, 1.54) is 24.8 Å². The highest BCUT2D eigenvalue weighted by atomic mass is 16.3. The second kappa shape index (κ2) is 4.37. The van der Waals surface area contributed by atoms with Gasteiger partial charge >= 0.3 is 0 Å². The van der Waals surface area contributed by atoms with Crippen molar-refractivity contribution in [3.63, 3.8) is 0 Å². The van der Waals surface area contributed by atoms with Crippen LogP contribution < -0.4 is 5.32 Å². The van der Waals surface area contributed by atoms with E-state index in [0.717, 1.165) is 0 Å². The molecule has 0 amide bonds. The summed E-state index contributed by atoms with van der Waals surface area (Å²) < 4.78 is 0. The van der Waals surface area contributed by atoms with Gasteiger partial charge in [-0.2, -0.15) is 0 Å². The molecule has 4 heteroatoms. The van der Waals surface area contributed by atoms with Gasteiger partial charge in [-0.15, -0.1) is 0 Å². The number of hydrogen-bond acceptors (Lipinski definition) is 4. The first-order valence-corrected chi connectivity index (χ1v) is 5.07. The van der Waals surface area contributed by atoms with E-state index < -0.39 is 0 Å². The summed E-state index contributed by atoms with van der Waals surface area (Å²) in [7, 11) is 0. The molecule has 0 atom stereocenters. The molecule has 1 fully saturated rings. The lowest BCUT2D eigenvalue weighted by molar-refractivity contribution is 0.311. The van der Waals surface area contributed by atoms with Gasteiger partial charge in [-0.3, -0.25) is 0 Å². The summed E-state index contributed by atoms with van der Waals surface area (Å²) in [6, 6.07) is 0. The molecule has 1 aliphatic carbocycles. The number of nitrogens with one attached hydrogen (secondary N) is 1. The summed E-state index contributed by atoms with van der Waals surface area (Å²) in [5.74, 6) is 1.28. The van der Waals surface area contributed by atoms with E-state index in [0.29, 0.717) is 18.4 Å². The van der Waals surface area contributed by atoms with Crippen molar-refractivity contribution in [2.75, 3.05) is 18.5 Å². The molecule has 1 aromatic heterocycles. The van der Waals surface area contributed by atoms with E-state index in [4.69, 9.17) is 5.11 Å². The van der Waals surface area contributed by atoms with Gasteiger partial charge in [0, 0.05) is 18.9 Å². The highest BCUT2D eigenvalue weighted by Crippen LogP contribution is 2.35. The van der Waals surface area contributed by atoms with Gasteiger partial charge in [-0.05, 0) is 24.3 Å². The van der Waals surface area contributed by atoms with E-state index in [1.807, 2.05) is 12.4 Å². The van der Waals surface area contributed by atoms with Crippen LogP contribution in [0.2, 0.25) is 0 Å². The van der Waals surface area contributed by atoms with Crippen molar-refractivity contribution in [1.82, 2.24) is 9.97 Å². The van der Waals surface area contributed by atoms with Crippen LogP contribution in [0.1, 0.15) is 30.7 Å². The van der Waals surface area contributed by atoms with Crippen LogP contribution in [0.15, 0.2) is 12.4 Å². The fraction of sp³-hybridized carbons (Fsp3) is 0.600. The Hall–Kier alpha value is -1.16. The fourth-order valence-corrected chi connectivity index (χ4v) is 1.55. The zero-order valence-corrected chi connectivity index (χ0v) is 8.11. The summed E-state index contributed by atoms with van der Waals surface area (Å²) in [4.78, 5) is 8.37. The SMILES string of the molecule is OCCNc1ncc(C2CCC2)cn1. The van der Waals surface area contributed by atoms with E-state index in [-0.39, 0.29) is 6.61 Å². The molecule has 1 aromatic rings. The first-order valence-electron chi connectivity index (χ1n) is 5.07. The monoisotopic (exact) mass is 193 g/mol. The van der Waals surface area contributed by atoms with E-state index in [2.05, 4.69) is 15.3 Å². The van der Waals surface area contributed by atoms with Gasteiger partial charge in [0.05, 0.1) is 6.61 Å². The van der Waals surface area contributed by atoms with Gasteiger partial charge < -0.3 is 10.4 Å². The van der Waals surface area contributed by atoms with Crippen molar-refractivity contribution in [1.29, 1.82) is 0 Å². The predicted octanol–water partition coefficient (Wildman–Crippen LogP) is 1.15. The molecule has 0 aliphatic heterocycles. The largest absolute Gasteiger partial charge is 0.395 e. The van der Waals surface area contributed by atoms with Crippen LogP contribution in [0.3, 0.4) is 0 Å². The van der Waals surface area contributed by atoms with E-state index in [1.54, 1.807) is 0 Å². The normalized spacial score (nSPS) is 16.4. The molecule has 0 bridgehead atoms. The highest BCUT2D eigenvalue weighted by Gasteiger charge is 2.19. The zero-order valence-electron chi connectivity index (χ0n) is 8.11. The lowest BCUT2D eigenvalue weighted by atomic mass is 9.81. The van der Waals surface area contributed by atoms with Crippen LogP contribution in [-0.2, 0) is 0 Å². The Morgan fingerprint density at radius 2 is 2.07 bits per heavy atom. The van der Waals surface area contributed by atoms with E-state index in [9.17, 15) is 0 Å². The molecule has 1 aliphatic rings. The third kappa shape index (κ3) is 2.01. The number of nitrogens with zero attached hydrogens (tertiary/aromatic N) is 2. The highest BCUT2D eigenvalue weighted by molar-refractivity contribution is 5.26. The lowest BCUT2D eigenvalue weighted by Gasteiger charge is -2.24. The van der Waals surface area contributed by atoms with Crippen molar-refractivity contribution in [2.24, 2.45) is 0 Å². The minimum atomic E-state index is 0.105. The summed E-state index contributed by atoms with van der Waals surface area (Å²) in [6.45, 7) is 0.608. The molecule has 1 saturated carbocycles. The van der Waals surface area contributed by atoms with Gasteiger partial charge in [-0.25, -0.2) is 9.97 Å². The lowest BCUT2D eigenvalue weighted by Crippen LogP contribution is -2.12. The number of aliphatic hydroxyl groups excluding tert-OH is 1. The van der Waals surface area contributed by atoms with Gasteiger partial charge in [-0.1, -0.05) is 6.42 Å². The van der Waals surface area contributed by atoms with E-state index >= 15 is 0 Å². The third-order valence-electron chi connectivity index (χ3n) is 2.64. The molecule has 0 spiro atoms. The summed E-state index contributed by atoms with van der Waals surface area (Å²) in [5.41, 5.74) is 1.24. The predicted molar refractivity (Wildman–Crippen MR) is 54.2 cm³/mol. The molecule has 4 nitrogen and oxygen atoms in total. The van der Waals surface area contributed by atoms with Crippen molar-refractivity contribution in [2.45, 2.75) is 25.2 Å². The Bertz CT molecular complexity index is 282. The maximum atomic E-state index is 8.60. The molecule has 2 rings (SSSR count). The topological polar surface area (TPSA) is 58.0 Å². The second-order valence-corrected chi connectivity index (χ2v) is 3.62. The summed E-state index contributed by atoms with van der Waals surface area (Å²) >= 11 is 0.